The Morgan fingerprint density at radius 3 is 2.25 bits per heavy atom. The van der Waals surface area contributed by atoms with Crippen LogP contribution in [0.1, 0.15) is 5.76 Å². The lowest BCUT2D eigenvalue weighted by Gasteiger charge is -2.22. The summed E-state index contributed by atoms with van der Waals surface area (Å²) in [6, 6.07) is 3.68. The van der Waals surface area contributed by atoms with Gasteiger partial charge in [0.25, 0.3) is 0 Å². The minimum Gasteiger partial charge on any atom is -1.00 e. The van der Waals surface area contributed by atoms with E-state index in [0.29, 0.717) is 5.22 Å². The Balaban J connectivity index is 0.00000121. The molecule has 0 radical (unpaired) electrons. The van der Waals surface area contributed by atoms with Gasteiger partial charge in [-0.05, 0) is 23.7 Å². The second-order valence-corrected chi connectivity index (χ2v) is 4.03. The van der Waals surface area contributed by atoms with Crippen LogP contribution in [0.25, 0.3) is 0 Å². The Morgan fingerprint density at radius 2 is 1.92 bits per heavy atom. The molecule has 0 N–H and O–H groups in total. The second kappa shape index (κ2) is 4.48. The Hall–Kier alpha value is 0.260. The zero-order chi connectivity index (χ0) is 8.48. The molecule has 0 unspecified atom stereocenters. The normalized spacial score (nSPS) is 11.0. The van der Waals surface area contributed by atoms with Gasteiger partial charge in [0.1, 0.15) is 6.54 Å². The molecule has 0 saturated carbocycles. The highest BCUT2D eigenvalue weighted by atomic mass is 127. The van der Waals surface area contributed by atoms with Gasteiger partial charge >= 0.3 is 0 Å². The fourth-order valence-electron chi connectivity index (χ4n) is 0.904. The van der Waals surface area contributed by atoms with E-state index in [4.69, 9.17) is 16.0 Å². The molecule has 70 valence electrons. The third kappa shape index (κ3) is 4.33. The number of hydrogen-bond acceptors (Lipinski definition) is 1. The molecule has 0 aliphatic rings. The van der Waals surface area contributed by atoms with Crippen LogP contribution in [0.3, 0.4) is 0 Å². The average Bonchev–Trinajstić information content (AvgIpc) is 2.10. The van der Waals surface area contributed by atoms with Crippen LogP contribution < -0.4 is 24.0 Å². The monoisotopic (exact) mass is 301 g/mol. The highest BCUT2D eigenvalue weighted by Gasteiger charge is 2.11. The smallest absolute Gasteiger partial charge is 0.193 e. The molecule has 1 heterocycles. The molecule has 1 aromatic heterocycles. The van der Waals surface area contributed by atoms with Crippen LogP contribution in [0, 0.1) is 0 Å². The van der Waals surface area contributed by atoms with Crippen LogP contribution >= 0.6 is 11.6 Å². The molecule has 0 fully saturated rings. The largest absolute Gasteiger partial charge is 1.00 e. The van der Waals surface area contributed by atoms with Gasteiger partial charge in [-0.3, -0.25) is 0 Å². The van der Waals surface area contributed by atoms with Crippen LogP contribution in [-0.2, 0) is 6.54 Å². The molecule has 1 aromatic rings. The Kier molecular flexibility index (Phi) is 4.58. The van der Waals surface area contributed by atoms with Crippen LogP contribution in [0.4, 0.5) is 0 Å². The van der Waals surface area contributed by atoms with E-state index >= 15 is 0 Å². The van der Waals surface area contributed by atoms with E-state index in [0.717, 1.165) is 16.8 Å². The summed E-state index contributed by atoms with van der Waals surface area (Å²) in [6.07, 6.45) is 0. The van der Waals surface area contributed by atoms with E-state index < -0.39 is 0 Å². The fourth-order valence-corrected chi connectivity index (χ4v) is 1.07. The molecule has 0 aliphatic heterocycles. The lowest BCUT2D eigenvalue weighted by Crippen LogP contribution is -3.00. The SMILES string of the molecule is C[N+](C)(C)Cc1ccc(Cl)o1.[I-]. The van der Waals surface area contributed by atoms with Gasteiger partial charge in [-0.25, -0.2) is 0 Å². The van der Waals surface area contributed by atoms with E-state index in [-0.39, 0.29) is 24.0 Å². The molecule has 0 spiro atoms. The van der Waals surface area contributed by atoms with E-state index in [1.54, 1.807) is 6.07 Å². The Labute approximate surface area is 95.1 Å². The zero-order valence-electron chi connectivity index (χ0n) is 7.47. The quantitative estimate of drug-likeness (QED) is 0.512. The van der Waals surface area contributed by atoms with Crippen LogP contribution in [0.15, 0.2) is 16.5 Å². The summed E-state index contributed by atoms with van der Waals surface area (Å²) in [4.78, 5) is 0. The van der Waals surface area contributed by atoms with Gasteiger partial charge in [-0.2, -0.15) is 0 Å². The first-order chi connectivity index (χ1) is 4.97. The van der Waals surface area contributed by atoms with Crippen molar-refractivity contribution in [3.05, 3.63) is 23.1 Å². The lowest BCUT2D eigenvalue weighted by molar-refractivity contribution is -0.884. The highest BCUT2D eigenvalue weighted by molar-refractivity contribution is 6.28. The van der Waals surface area contributed by atoms with Crippen molar-refractivity contribution in [2.45, 2.75) is 6.54 Å². The van der Waals surface area contributed by atoms with Crippen LogP contribution in [0.5, 0.6) is 0 Å². The predicted molar refractivity (Wildman–Crippen MR) is 45.5 cm³/mol. The second-order valence-electron chi connectivity index (χ2n) is 3.65. The van der Waals surface area contributed by atoms with Gasteiger partial charge in [-0.1, -0.05) is 0 Å². The molecule has 0 amide bonds. The first-order valence-electron chi connectivity index (χ1n) is 3.52. The molecule has 0 aromatic carbocycles. The molecule has 4 heteroatoms. The number of nitrogens with zero attached hydrogens (tertiary/aromatic N) is 1. The number of quaternary nitrogens is 1. The minimum atomic E-state index is 0. The first-order valence-corrected chi connectivity index (χ1v) is 3.90. The fraction of sp³-hybridized carbons (Fsp3) is 0.500. The average molecular weight is 302 g/mol. The summed E-state index contributed by atoms with van der Waals surface area (Å²) in [6.45, 7) is 0.868. The van der Waals surface area contributed by atoms with Gasteiger partial charge < -0.3 is 32.9 Å². The van der Waals surface area contributed by atoms with Crippen molar-refractivity contribution in [2.75, 3.05) is 21.1 Å². The standard InChI is InChI=1S/C8H13ClNO.HI/c1-10(2,3)6-7-4-5-8(9)11-7;/h4-5H,6H2,1-3H3;1H/q+1;/p-1. The molecule has 1 rings (SSSR count). The van der Waals surface area contributed by atoms with Gasteiger partial charge in [0, 0.05) is 0 Å². The van der Waals surface area contributed by atoms with Crippen molar-refractivity contribution in [3.63, 3.8) is 0 Å². The van der Waals surface area contributed by atoms with E-state index in [1.807, 2.05) is 6.07 Å². The van der Waals surface area contributed by atoms with Crippen LogP contribution in [0.2, 0.25) is 5.22 Å². The maximum atomic E-state index is 5.62. The topological polar surface area (TPSA) is 13.1 Å². The molecular weight excluding hydrogens is 288 g/mol. The summed E-state index contributed by atoms with van der Waals surface area (Å²) in [5, 5.41) is 0.466. The number of hydrogen-bond donors (Lipinski definition) is 0. The Bertz CT molecular complexity index is 241. The Morgan fingerprint density at radius 1 is 1.33 bits per heavy atom. The van der Waals surface area contributed by atoms with Crippen molar-refractivity contribution < 1.29 is 32.9 Å². The van der Waals surface area contributed by atoms with Crippen LogP contribution in [-0.4, -0.2) is 25.6 Å². The summed E-state index contributed by atoms with van der Waals surface area (Å²) in [7, 11) is 6.32. The maximum Gasteiger partial charge on any atom is 0.193 e. The predicted octanol–water partition coefficient (Wildman–Crippen LogP) is -0.857. The van der Waals surface area contributed by atoms with Gasteiger partial charge in [0.15, 0.2) is 11.0 Å². The molecule has 0 bridgehead atoms. The maximum absolute atomic E-state index is 5.62. The van der Waals surface area contributed by atoms with E-state index in [2.05, 4.69) is 21.1 Å². The molecule has 0 aliphatic carbocycles. The van der Waals surface area contributed by atoms with Crippen molar-refractivity contribution in [1.82, 2.24) is 0 Å². The molecule has 12 heavy (non-hydrogen) atoms. The highest BCUT2D eigenvalue weighted by Crippen LogP contribution is 2.15. The lowest BCUT2D eigenvalue weighted by atomic mass is 10.4. The van der Waals surface area contributed by atoms with E-state index in [9.17, 15) is 0 Å². The summed E-state index contributed by atoms with van der Waals surface area (Å²) < 4.78 is 6.06. The minimum absolute atomic E-state index is 0. The van der Waals surface area contributed by atoms with Crippen molar-refractivity contribution in [1.29, 1.82) is 0 Å². The molecule has 0 atom stereocenters. The third-order valence-electron chi connectivity index (χ3n) is 1.26. The van der Waals surface area contributed by atoms with Crippen molar-refractivity contribution in [2.24, 2.45) is 0 Å². The van der Waals surface area contributed by atoms with E-state index in [1.165, 1.54) is 0 Å². The van der Waals surface area contributed by atoms with Crippen molar-refractivity contribution in [3.8, 4) is 0 Å². The number of rotatable bonds is 2. The summed E-state index contributed by atoms with van der Waals surface area (Å²) in [5.74, 6) is 0.933. The molecule has 0 saturated heterocycles. The van der Waals surface area contributed by atoms with Gasteiger partial charge in [0.05, 0.1) is 21.1 Å². The third-order valence-corrected chi connectivity index (χ3v) is 1.46. The zero-order valence-corrected chi connectivity index (χ0v) is 10.4. The molecule has 2 nitrogen and oxygen atoms in total. The van der Waals surface area contributed by atoms with Gasteiger partial charge in [-0.15, -0.1) is 0 Å². The molecular formula is C8H13ClINO. The van der Waals surface area contributed by atoms with Crippen molar-refractivity contribution >= 4 is 11.6 Å². The number of furan rings is 1. The summed E-state index contributed by atoms with van der Waals surface area (Å²) >= 11 is 5.62. The van der Waals surface area contributed by atoms with Gasteiger partial charge in [0.2, 0.25) is 0 Å². The number of halogens is 2. The summed E-state index contributed by atoms with van der Waals surface area (Å²) in [5.41, 5.74) is 0. The first kappa shape index (κ1) is 12.3.